The number of benzene rings is 1. The second-order valence-corrected chi connectivity index (χ2v) is 3.93. The summed E-state index contributed by atoms with van der Waals surface area (Å²) in [5.74, 6) is 0.480. The fraction of sp³-hybridized carbons (Fsp3) is 0.500. The first-order valence-corrected chi connectivity index (χ1v) is 6.09. The van der Waals surface area contributed by atoms with Crippen molar-refractivity contribution in [3.63, 3.8) is 0 Å². The van der Waals surface area contributed by atoms with Gasteiger partial charge in [0.2, 0.25) is 0 Å². The van der Waals surface area contributed by atoms with E-state index < -0.39 is 0 Å². The molecule has 0 aromatic heterocycles. The summed E-state index contributed by atoms with van der Waals surface area (Å²) in [4.78, 5) is 11.6. The van der Waals surface area contributed by atoms with E-state index in [1.807, 2.05) is 0 Å². The summed E-state index contributed by atoms with van der Waals surface area (Å²) in [7, 11) is 1.60. The molecule has 3 heteroatoms. The molecule has 1 aromatic carbocycles. The molecular weight excluding hydrogens is 216 g/mol. The fourth-order valence-electron chi connectivity index (χ4n) is 1.50. The first kappa shape index (κ1) is 13.6. The maximum Gasteiger partial charge on any atom is 0.338 e. The van der Waals surface area contributed by atoms with Gasteiger partial charge in [-0.25, -0.2) is 4.79 Å². The van der Waals surface area contributed by atoms with Gasteiger partial charge in [0, 0.05) is 0 Å². The first-order valence-electron chi connectivity index (χ1n) is 6.09. The van der Waals surface area contributed by atoms with Crippen LogP contribution >= 0.6 is 0 Å². The Hall–Kier alpha value is -1.51. The molecule has 0 amide bonds. The molecule has 0 heterocycles. The minimum absolute atomic E-state index is 0.260. The van der Waals surface area contributed by atoms with Gasteiger partial charge in [-0.3, -0.25) is 0 Å². The van der Waals surface area contributed by atoms with E-state index in [0.29, 0.717) is 12.2 Å². The van der Waals surface area contributed by atoms with Crippen LogP contribution in [0.2, 0.25) is 0 Å². The summed E-state index contributed by atoms with van der Waals surface area (Å²) in [6.45, 7) is 2.66. The highest BCUT2D eigenvalue weighted by molar-refractivity contribution is 5.89. The smallest absolute Gasteiger partial charge is 0.338 e. The number of rotatable bonds is 7. The Kier molecular flexibility index (Phi) is 6.15. The SMILES string of the molecule is CCCCCCOC(=O)c1ccc(OC)cc1. The van der Waals surface area contributed by atoms with Crippen molar-refractivity contribution in [2.75, 3.05) is 13.7 Å². The Bertz CT molecular complexity index is 330. The van der Waals surface area contributed by atoms with Gasteiger partial charge in [-0.15, -0.1) is 0 Å². The summed E-state index contributed by atoms with van der Waals surface area (Å²) in [5, 5.41) is 0. The zero-order valence-electron chi connectivity index (χ0n) is 10.6. The van der Waals surface area contributed by atoms with Crippen molar-refractivity contribution in [1.82, 2.24) is 0 Å². The normalized spacial score (nSPS) is 10.0. The Morgan fingerprint density at radius 1 is 1.12 bits per heavy atom. The van der Waals surface area contributed by atoms with E-state index in [9.17, 15) is 4.79 Å². The molecule has 0 unspecified atom stereocenters. The molecule has 94 valence electrons. The molecule has 0 radical (unpaired) electrons. The maximum atomic E-state index is 11.6. The highest BCUT2D eigenvalue weighted by Crippen LogP contribution is 2.12. The first-order chi connectivity index (χ1) is 8.27. The van der Waals surface area contributed by atoms with Crippen LogP contribution in [0.5, 0.6) is 5.75 Å². The third-order valence-electron chi connectivity index (χ3n) is 2.56. The molecule has 1 rings (SSSR count). The van der Waals surface area contributed by atoms with Gasteiger partial charge in [-0.2, -0.15) is 0 Å². The van der Waals surface area contributed by atoms with Gasteiger partial charge >= 0.3 is 5.97 Å². The molecular formula is C14H20O3. The number of carbonyl (C=O) groups excluding carboxylic acids is 1. The van der Waals surface area contributed by atoms with E-state index in [1.54, 1.807) is 31.4 Å². The van der Waals surface area contributed by atoms with Gasteiger partial charge in [-0.1, -0.05) is 26.2 Å². The van der Waals surface area contributed by atoms with Crippen molar-refractivity contribution in [3.8, 4) is 5.75 Å². The van der Waals surface area contributed by atoms with Crippen LogP contribution in [0.3, 0.4) is 0 Å². The standard InChI is InChI=1S/C14H20O3/c1-3-4-5-6-11-17-14(15)12-7-9-13(16-2)10-8-12/h7-10H,3-6,11H2,1-2H3. The fourth-order valence-corrected chi connectivity index (χ4v) is 1.50. The predicted molar refractivity (Wildman–Crippen MR) is 67.4 cm³/mol. The number of hydrogen-bond donors (Lipinski definition) is 0. The van der Waals surface area contributed by atoms with Crippen molar-refractivity contribution in [2.24, 2.45) is 0 Å². The van der Waals surface area contributed by atoms with Crippen molar-refractivity contribution in [3.05, 3.63) is 29.8 Å². The highest BCUT2D eigenvalue weighted by Gasteiger charge is 2.06. The number of carbonyl (C=O) groups is 1. The van der Waals surface area contributed by atoms with Crippen LogP contribution in [0.1, 0.15) is 43.0 Å². The minimum atomic E-state index is -0.260. The van der Waals surface area contributed by atoms with Crippen LogP contribution in [0.25, 0.3) is 0 Å². The van der Waals surface area contributed by atoms with E-state index in [1.165, 1.54) is 12.8 Å². The predicted octanol–water partition coefficient (Wildman–Crippen LogP) is 3.43. The van der Waals surface area contributed by atoms with Gasteiger partial charge in [0.1, 0.15) is 5.75 Å². The molecule has 0 atom stereocenters. The summed E-state index contributed by atoms with van der Waals surface area (Å²) in [6, 6.07) is 6.95. The average molecular weight is 236 g/mol. The Labute approximate surface area is 103 Å². The third-order valence-corrected chi connectivity index (χ3v) is 2.56. The summed E-state index contributed by atoms with van der Waals surface area (Å²) < 4.78 is 10.2. The van der Waals surface area contributed by atoms with Crippen LogP contribution in [0.15, 0.2) is 24.3 Å². The van der Waals surface area contributed by atoms with E-state index in [2.05, 4.69) is 6.92 Å². The van der Waals surface area contributed by atoms with E-state index in [-0.39, 0.29) is 5.97 Å². The third kappa shape index (κ3) is 4.89. The quantitative estimate of drug-likeness (QED) is 0.537. The molecule has 17 heavy (non-hydrogen) atoms. The average Bonchev–Trinajstić information content (AvgIpc) is 2.38. The van der Waals surface area contributed by atoms with Gasteiger partial charge in [0.25, 0.3) is 0 Å². The van der Waals surface area contributed by atoms with E-state index in [4.69, 9.17) is 9.47 Å². The maximum absolute atomic E-state index is 11.6. The Balaban J connectivity index is 2.31. The topological polar surface area (TPSA) is 35.5 Å². The molecule has 0 N–H and O–H groups in total. The zero-order chi connectivity index (χ0) is 12.5. The lowest BCUT2D eigenvalue weighted by molar-refractivity contribution is 0.0498. The van der Waals surface area contributed by atoms with Crippen LogP contribution in [-0.4, -0.2) is 19.7 Å². The van der Waals surface area contributed by atoms with Crippen LogP contribution in [0.4, 0.5) is 0 Å². The lowest BCUT2D eigenvalue weighted by atomic mass is 10.2. The second-order valence-electron chi connectivity index (χ2n) is 3.93. The van der Waals surface area contributed by atoms with Crippen molar-refractivity contribution in [2.45, 2.75) is 32.6 Å². The molecule has 0 saturated carbocycles. The molecule has 0 saturated heterocycles. The summed E-state index contributed by atoms with van der Waals surface area (Å²) in [5.41, 5.74) is 0.571. The van der Waals surface area contributed by atoms with Gasteiger partial charge < -0.3 is 9.47 Å². The van der Waals surface area contributed by atoms with Crippen molar-refractivity contribution < 1.29 is 14.3 Å². The zero-order valence-corrected chi connectivity index (χ0v) is 10.6. The molecule has 0 aliphatic rings. The van der Waals surface area contributed by atoms with Crippen molar-refractivity contribution in [1.29, 1.82) is 0 Å². The second kappa shape index (κ2) is 7.71. The molecule has 0 bridgehead atoms. The lowest BCUT2D eigenvalue weighted by Gasteiger charge is -2.05. The van der Waals surface area contributed by atoms with E-state index >= 15 is 0 Å². The molecule has 0 aliphatic heterocycles. The number of ether oxygens (including phenoxy) is 2. The van der Waals surface area contributed by atoms with Crippen molar-refractivity contribution >= 4 is 5.97 Å². The monoisotopic (exact) mass is 236 g/mol. The Morgan fingerprint density at radius 2 is 1.82 bits per heavy atom. The van der Waals surface area contributed by atoms with E-state index in [0.717, 1.165) is 18.6 Å². The molecule has 0 spiro atoms. The molecule has 3 nitrogen and oxygen atoms in total. The summed E-state index contributed by atoms with van der Waals surface area (Å²) >= 11 is 0. The highest BCUT2D eigenvalue weighted by atomic mass is 16.5. The number of esters is 1. The largest absolute Gasteiger partial charge is 0.497 e. The van der Waals surface area contributed by atoms with Gasteiger partial charge in [0.05, 0.1) is 19.3 Å². The van der Waals surface area contributed by atoms with Gasteiger partial charge in [-0.05, 0) is 30.7 Å². The summed E-state index contributed by atoms with van der Waals surface area (Å²) in [6.07, 6.45) is 4.44. The lowest BCUT2D eigenvalue weighted by Crippen LogP contribution is -2.06. The van der Waals surface area contributed by atoms with Crippen LogP contribution < -0.4 is 4.74 Å². The van der Waals surface area contributed by atoms with Crippen LogP contribution in [-0.2, 0) is 4.74 Å². The Morgan fingerprint density at radius 3 is 2.41 bits per heavy atom. The molecule has 0 aliphatic carbocycles. The minimum Gasteiger partial charge on any atom is -0.497 e. The molecule has 0 fully saturated rings. The number of unbranched alkanes of at least 4 members (excludes halogenated alkanes) is 3. The van der Waals surface area contributed by atoms with Gasteiger partial charge in [0.15, 0.2) is 0 Å². The van der Waals surface area contributed by atoms with Crippen LogP contribution in [0, 0.1) is 0 Å². The number of hydrogen-bond acceptors (Lipinski definition) is 3. The molecule has 1 aromatic rings. The number of methoxy groups -OCH3 is 1.